The molecule has 2 aromatic carbocycles. The highest BCUT2D eigenvalue weighted by Gasteiger charge is 2.22. The van der Waals surface area contributed by atoms with Gasteiger partial charge < -0.3 is 5.32 Å². The number of rotatable bonds is 4. The molecule has 0 bridgehead atoms. The third-order valence-electron chi connectivity index (χ3n) is 4.49. The number of anilines is 1. The lowest BCUT2D eigenvalue weighted by Gasteiger charge is -2.09. The molecule has 0 saturated heterocycles. The summed E-state index contributed by atoms with van der Waals surface area (Å²) < 4.78 is 83.1. The topological polar surface area (TPSA) is 59.8 Å². The third-order valence-corrected chi connectivity index (χ3v) is 4.99. The largest absolute Gasteiger partial charge is 0.318 e. The van der Waals surface area contributed by atoms with Gasteiger partial charge >= 0.3 is 0 Å². The molecule has 0 aliphatic carbocycles. The second-order valence-corrected chi connectivity index (χ2v) is 7.47. The van der Waals surface area contributed by atoms with Gasteiger partial charge in [0, 0.05) is 23.9 Å². The van der Waals surface area contributed by atoms with Gasteiger partial charge in [0.15, 0.2) is 40.1 Å². The van der Waals surface area contributed by atoms with Crippen LogP contribution in [0.15, 0.2) is 42.6 Å². The Morgan fingerprint density at radius 1 is 0.824 bits per heavy atom. The van der Waals surface area contributed by atoms with Crippen LogP contribution in [-0.2, 0) is 0 Å². The van der Waals surface area contributed by atoms with Crippen molar-refractivity contribution in [3.8, 4) is 17.1 Å². The maximum Gasteiger partial charge on any atom is 0.275 e. The molecule has 1 amide bonds. The minimum atomic E-state index is -1.76. The van der Waals surface area contributed by atoms with Gasteiger partial charge in [-0.1, -0.05) is 23.2 Å². The highest BCUT2D eigenvalue weighted by atomic mass is 35.5. The Balaban J connectivity index is 1.85. The van der Waals surface area contributed by atoms with Crippen molar-refractivity contribution in [3.63, 3.8) is 0 Å². The maximum atomic E-state index is 13.8. The molecule has 4 rings (SSSR count). The van der Waals surface area contributed by atoms with Crippen molar-refractivity contribution < 1.29 is 31.1 Å². The monoisotopic (exact) mass is 516 g/mol. The summed E-state index contributed by atoms with van der Waals surface area (Å²) in [5, 5.41) is 2.27. The van der Waals surface area contributed by atoms with E-state index in [1.165, 1.54) is 12.1 Å². The van der Waals surface area contributed by atoms with Crippen molar-refractivity contribution >= 4 is 34.8 Å². The fourth-order valence-corrected chi connectivity index (χ4v) is 3.34. The van der Waals surface area contributed by atoms with Gasteiger partial charge in [0.25, 0.3) is 5.91 Å². The van der Waals surface area contributed by atoms with E-state index in [4.69, 9.17) is 23.2 Å². The predicted molar refractivity (Wildman–Crippen MR) is 111 cm³/mol. The highest BCUT2D eigenvalue weighted by Crippen LogP contribution is 2.29. The van der Waals surface area contributed by atoms with E-state index in [1.54, 1.807) is 0 Å². The van der Waals surface area contributed by atoms with Gasteiger partial charge in [-0.15, -0.1) is 0 Å². The second-order valence-electron chi connectivity index (χ2n) is 6.72. The van der Waals surface area contributed by atoms with Crippen LogP contribution in [0.25, 0.3) is 17.1 Å². The Bertz CT molecular complexity index is 1340. The first-order chi connectivity index (χ1) is 16.0. The zero-order valence-corrected chi connectivity index (χ0v) is 17.8. The van der Waals surface area contributed by atoms with E-state index in [0.717, 1.165) is 10.8 Å². The normalized spacial score (nSPS) is 11.1. The molecule has 2 heterocycles. The standard InChI is InChI=1S/C21H8Cl2F6N4O/c22-16-2-1-14(19(23)32-16)31-21(34)15-7-33(9-5-12(26)18(29)13(27)6-9)20(30-15)8-3-10(24)17(28)11(25)4-8/h1-7H,(H,31,34). The minimum Gasteiger partial charge on any atom is -0.318 e. The van der Waals surface area contributed by atoms with Crippen LogP contribution in [0.2, 0.25) is 10.3 Å². The number of hydrogen-bond acceptors (Lipinski definition) is 3. The van der Waals surface area contributed by atoms with Gasteiger partial charge in [-0.3, -0.25) is 9.36 Å². The molecular formula is C21H8Cl2F6N4O. The lowest BCUT2D eigenvalue weighted by molar-refractivity contribution is 0.102. The molecule has 0 fully saturated rings. The molecule has 2 aromatic heterocycles. The SMILES string of the molecule is O=C(Nc1ccc(Cl)nc1Cl)c1cn(-c2cc(F)c(F)c(F)c2)c(-c2cc(F)c(F)c(F)c2)n1. The average molecular weight is 517 g/mol. The van der Waals surface area contributed by atoms with Crippen LogP contribution >= 0.6 is 23.2 Å². The Morgan fingerprint density at radius 3 is 1.94 bits per heavy atom. The zero-order chi connectivity index (χ0) is 24.7. The summed E-state index contributed by atoms with van der Waals surface area (Å²) in [6.07, 6.45) is 0.965. The molecule has 5 nitrogen and oxygen atoms in total. The van der Waals surface area contributed by atoms with E-state index in [-0.39, 0.29) is 27.2 Å². The number of amides is 1. The van der Waals surface area contributed by atoms with E-state index < -0.39 is 52.3 Å². The fourth-order valence-electron chi connectivity index (χ4n) is 2.95. The summed E-state index contributed by atoms with van der Waals surface area (Å²) in [5.74, 6) is -11.1. The Labute approximate surface area is 196 Å². The predicted octanol–water partition coefficient (Wildman–Crippen LogP) is 6.33. The molecule has 34 heavy (non-hydrogen) atoms. The van der Waals surface area contributed by atoms with E-state index in [0.29, 0.717) is 24.3 Å². The van der Waals surface area contributed by atoms with Crippen molar-refractivity contribution in [2.75, 3.05) is 5.32 Å². The Morgan fingerprint density at radius 2 is 1.38 bits per heavy atom. The van der Waals surface area contributed by atoms with Crippen molar-refractivity contribution in [2.24, 2.45) is 0 Å². The van der Waals surface area contributed by atoms with Crippen LogP contribution in [0.4, 0.5) is 32.0 Å². The number of hydrogen-bond donors (Lipinski definition) is 1. The number of carbonyl (C=O) groups is 1. The third kappa shape index (κ3) is 4.44. The molecule has 0 atom stereocenters. The number of nitrogens with one attached hydrogen (secondary N) is 1. The van der Waals surface area contributed by atoms with E-state index in [9.17, 15) is 31.1 Å². The average Bonchev–Trinajstić information content (AvgIpc) is 3.23. The van der Waals surface area contributed by atoms with Gasteiger partial charge in [-0.25, -0.2) is 36.3 Å². The van der Waals surface area contributed by atoms with E-state index >= 15 is 0 Å². The molecule has 4 aromatic rings. The number of imidazole rings is 1. The number of halogens is 8. The molecule has 13 heteroatoms. The van der Waals surface area contributed by atoms with Crippen molar-refractivity contribution in [3.05, 3.63) is 93.5 Å². The van der Waals surface area contributed by atoms with Crippen molar-refractivity contribution in [2.45, 2.75) is 0 Å². The molecule has 0 spiro atoms. The van der Waals surface area contributed by atoms with Crippen LogP contribution in [-0.4, -0.2) is 20.4 Å². The quantitative estimate of drug-likeness (QED) is 0.196. The van der Waals surface area contributed by atoms with Gasteiger partial charge in [0.2, 0.25) is 0 Å². The highest BCUT2D eigenvalue weighted by molar-refractivity contribution is 6.34. The number of nitrogens with zero attached hydrogens (tertiary/aromatic N) is 3. The van der Waals surface area contributed by atoms with Crippen LogP contribution < -0.4 is 5.32 Å². The first-order valence-electron chi connectivity index (χ1n) is 9.07. The molecule has 174 valence electrons. The van der Waals surface area contributed by atoms with Crippen molar-refractivity contribution in [1.82, 2.24) is 14.5 Å². The van der Waals surface area contributed by atoms with Gasteiger partial charge in [0.05, 0.1) is 11.4 Å². The molecule has 0 unspecified atom stereocenters. The molecule has 1 N–H and O–H groups in total. The molecule has 0 radical (unpaired) electrons. The zero-order valence-electron chi connectivity index (χ0n) is 16.3. The maximum absolute atomic E-state index is 13.8. The van der Waals surface area contributed by atoms with Crippen LogP contribution in [0, 0.1) is 34.9 Å². The lowest BCUT2D eigenvalue weighted by atomic mass is 10.2. The Hall–Kier alpha value is -3.57. The summed E-state index contributed by atoms with van der Waals surface area (Å²) in [4.78, 5) is 20.4. The van der Waals surface area contributed by atoms with E-state index in [2.05, 4.69) is 15.3 Å². The molecule has 0 saturated carbocycles. The first kappa shape index (κ1) is 23.6. The summed E-state index contributed by atoms with van der Waals surface area (Å²) in [6, 6.07) is 4.94. The summed E-state index contributed by atoms with van der Waals surface area (Å²) in [6.45, 7) is 0. The second kappa shape index (κ2) is 8.99. The number of aromatic nitrogens is 3. The summed E-state index contributed by atoms with van der Waals surface area (Å²) >= 11 is 11.6. The number of carbonyl (C=O) groups excluding carboxylic acids is 1. The van der Waals surface area contributed by atoms with Gasteiger partial charge in [-0.2, -0.15) is 0 Å². The van der Waals surface area contributed by atoms with Gasteiger partial charge in [-0.05, 0) is 24.3 Å². The summed E-state index contributed by atoms with van der Waals surface area (Å²) in [7, 11) is 0. The van der Waals surface area contributed by atoms with Crippen LogP contribution in [0.1, 0.15) is 10.5 Å². The number of pyridine rings is 1. The first-order valence-corrected chi connectivity index (χ1v) is 9.83. The van der Waals surface area contributed by atoms with Crippen LogP contribution in [0.5, 0.6) is 0 Å². The summed E-state index contributed by atoms with van der Waals surface area (Å²) in [5.41, 5.74) is -1.14. The smallest absolute Gasteiger partial charge is 0.275 e. The molecular weight excluding hydrogens is 509 g/mol. The van der Waals surface area contributed by atoms with Crippen molar-refractivity contribution in [1.29, 1.82) is 0 Å². The Kier molecular flexibility index (Phi) is 6.24. The fraction of sp³-hybridized carbons (Fsp3) is 0. The number of benzene rings is 2. The molecule has 0 aliphatic rings. The minimum absolute atomic E-state index is 0.0323. The lowest BCUT2D eigenvalue weighted by Crippen LogP contribution is -2.13. The van der Waals surface area contributed by atoms with Gasteiger partial charge in [0.1, 0.15) is 16.7 Å². The molecule has 0 aliphatic heterocycles. The van der Waals surface area contributed by atoms with E-state index in [1.807, 2.05) is 0 Å². The van der Waals surface area contributed by atoms with Crippen LogP contribution in [0.3, 0.4) is 0 Å².